The Kier molecular flexibility index (Phi) is 2.55. The molecule has 0 aliphatic rings. The van der Waals surface area contributed by atoms with E-state index in [4.69, 9.17) is 5.11 Å². The van der Waals surface area contributed by atoms with Gasteiger partial charge in [0.15, 0.2) is 0 Å². The molecule has 1 aromatic heterocycles. The second-order valence-corrected chi connectivity index (χ2v) is 3.26. The molecule has 80 valence electrons. The minimum absolute atomic E-state index is 0.00815. The molecule has 0 amide bonds. The first-order valence-electron chi connectivity index (χ1n) is 4.66. The van der Waals surface area contributed by atoms with Crippen LogP contribution in [-0.4, -0.2) is 21.2 Å². The summed E-state index contributed by atoms with van der Waals surface area (Å²) < 4.78 is 0. The van der Waals surface area contributed by atoms with Crippen LogP contribution in [0.15, 0.2) is 42.6 Å². The van der Waals surface area contributed by atoms with Gasteiger partial charge in [-0.25, -0.2) is 4.79 Å². The number of carboxylic acids is 1. The molecule has 4 heteroatoms. The Morgan fingerprint density at radius 2 is 1.88 bits per heavy atom. The van der Waals surface area contributed by atoms with Gasteiger partial charge in [-0.05, 0) is 6.07 Å². The number of nitrogens with zero attached hydrogens (tertiary/aromatic N) is 1. The van der Waals surface area contributed by atoms with Gasteiger partial charge in [-0.3, -0.25) is 4.98 Å². The first kappa shape index (κ1) is 10.2. The van der Waals surface area contributed by atoms with Crippen LogP contribution in [0.4, 0.5) is 0 Å². The Bertz CT molecular complexity index is 523. The van der Waals surface area contributed by atoms with Crippen LogP contribution in [0.3, 0.4) is 0 Å². The number of rotatable bonds is 2. The zero-order valence-corrected chi connectivity index (χ0v) is 8.29. The van der Waals surface area contributed by atoms with E-state index in [-0.39, 0.29) is 11.3 Å². The highest BCUT2D eigenvalue weighted by Crippen LogP contribution is 2.23. The van der Waals surface area contributed by atoms with Crippen LogP contribution >= 0.6 is 0 Å². The van der Waals surface area contributed by atoms with Crippen molar-refractivity contribution in [1.82, 2.24) is 4.98 Å². The molecule has 16 heavy (non-hydrogen) atoms. The Hall–Kier alpha value is -2.36. The molecule has 0 saturated heterocycles. The number of aromatic carboxylic acids is 1. The Morgan fingerprint density at radius 1 is 1.19 bits per heavy atom. The van der Waals surface area contributed by atoms with E-state index in [0.717, 1.165) is 0 Å². The normalized spacial score (nSPS) is 10.0. The average molecular weight is 215 g/mol. The molecule has 4 nitrogen and oxygen atoms in total. The highest BCUT2D eigenvalue weighted by molar-refractivity contribution is 5.95. The highest BCUT2D eigenvalue weighted by atomic mass is 16.4. The molecule has 0 radical (unpaired) electrons. The number of aromatic nitrogens is 1. The van der Waals surface area contributed by atoms with Crippen LogP contribution in [0.2, 0.25) is 0 Å². The van der Waals surface area contributed by atoms with Crippen LogP contribution in [0, 0.1) is 0 Å². The van der Waals surface area contributed by atoms with E-state index in [2.05, 4.69) is 4.98 Å². The summed E-state index contributed by atoms with van der Waals surface area (Å²) in [4.78, 5) is 14.9. The van der Waals surface area contributed by atoms with Crippen molar-refractivity contribution >= 4 is 5.97 Å². The van der Waals surface area contributed by atoms with Gasteiger partial charge in [0.2, 0.25) is 0 Å². The van der Waals surface area contributed by atoms with E-state index in [0.29, 0.717) is 11.3 Å². The number of carbonyl (C=O) groups is 1. The second-order valence-electron chi connectivity index (χ2n) is 3.26. The number of benzene rings is 1. The number of aromatic hydroxyl groups is 1. The molecular weight excluding hydrogens is 206 g/mol. The van der Waals surface area contributed by atoms with Crippen LogP contribution < -0.4 is 0 Å². The Labute approximate surface area is 91.8 Å². The third-order valence-electron chi connectivity index (χ3n) is 2.15. The SMILES string of the molecule is O=C(O)c1cc(O)cnc1-c1ccccc1. The molecule has 0 aliphatic carbocycles. The topological polar surface area (TPSA) is 70.4 Å². The quantitative estimate of drug-likeness (QED) is 0.805. The molecule has 2 rings (SSSR count). The maximum absolute atomic E-state index is 11.0. The molecule has 2 N–H and O–H groups in total. The summed E-state index contributed by atoms with van der Waals surface area (Å²) in [7, 11) is 0. The predicted molar refractivity (Wildman–Crippen MR) is 58.3 cm³/mol. The third-order valence-corrected chi connectivity index (χ3v) is 2.15. The fourth-order valence-corrected chi connectivity index (χ4v) is 1.44. The van der Waals surface area contributed by atoms with E-state index >= 15 is 0 Å². The van der Waals surface area contributed by atoms with Crippen molar-refractivity contribution < 1.29 is 15.0 Å². The van der Waals surface area contributed by atoms with Crippen molar-refractivity contribution in [2.45, 2.75) is 0 Å². The minimum Gasteiger partial charge on any atom is -0.506 e. The Morgan fingerprint density at radius 3 is 2.50 bits per heavy atom. The summed E-state index contributed by atoms with van der Waals surface area (Å²) >= 11 is 0. The van der Waals surface area contributed by atoms with Gasteiger partial charge in [0.25, 0.3) is 0 Å². The van der Waals surface area contributed by atoms with E-state index in [9.17, 15) is 9.90 Å². The van der Waals surface area contributed by atoms with Crippen LogP contribution in [-0.2, 0) is 0 Å². The van der Waals surface area contributed by atoms with Crippen LogP contribution in [0.25, 0.3) is 11.3 Å². The first-order valence-corrected chi connectivity index (χ1v) is 4.66. The maximum atomic E-state index is 11.0. The van der Waals surface area contributed by atoms with Crippen molar-refractivity contribution in [2.24, 2.45) is 0 Å². The van der Waals surface area contributed by atoms with Gasteiger partial charge in [-0.1, -0.05) is 30.3 Å². The lowest BCUT2D eigenvalue weighted by atomic mass is 10.1. The van der Waals surface area contributed by atoms with Gasteiger partial charge in [-0.2, -0.15) is 0 Å². The number of carboxylic acid groups (broad SMARTS) is 1. The summed E-state index contributed by atoms with van der Waals surface area (Å²) in [6, 6.07) is 10.2. The monoisotopic (exact) mass is 215 g/mol. The number of pyridine rings is 1. The summed E-state index contributed by atoms with van der Waals surface area (Å²) in [5.74, 6) is -1.26. The zero-order chi connectivity index (χ0) is 11.5. The molecule has 0 fully saturated rings. The lowest BCUT2D eigenvalue weighted by Crippen LogP contribution is -2.01. The molecule has 1 heterocycles. The molecule has 0 spiro atoms. The van der Waals surface area contributed by atoms with E-state index in [1.54, 1.807) is 24.3 Å². The van der Waals surface area contributed by atoms with Crippen LogP contribution in [0.1, 0.15) is 10.4 Å². The van der Waals surface area contributed by atoms with Crippen molar-refractivity contribution in [2.75, 3.05) is 0 Å². The number of hydrogen-bond acceptors (Lipinski definition) is 3. The maximum Gasteiger partial charge on any atom is 0.338 e. The lowest BCUT2D eigenvalue weighted by Gasteiger charge is -2.05. The van der Waals surface area contributed by atoms with E-state index < -0.39 is 5.97 Å². The van der Waals surface area contributed by atoms with Gasteiger partial charge >= 0.3 is 5.97 Å². The van der Waals surface area contributed by atoms with Gasteiger partial charge in [0.1, 0.15) is 5.75 Å². The largest absolute Gasteiger partial charge is 0.506 e. The minimum atomic E-state index is -1.11. The summed E-state index contributed by atoms with van der Waals surface area (Å²) in [6.07, 6.45) is 1.23. The smallest absolute Gasteiger partial charge is 0.338 e. The molecule has 1 aromatic carbocycles. The molecular formula is C12H9NO3. The summed E-state index contributed by atoms with van der Waals surface area (Å²) in [5, 5.41) is 18.2. The fraction of sp³-hybridized carbons (Fsp3) is 0. The highest BCUT2D eigenvalue weighted by Gasteiger charge is 2.13. The van der Waals surface area contributed by atoms with Gasteiger partial charge in [0, 0.05) is 5.56 Å². The van der Waals surface area contributed by atoms with Crippen molar-refractivity contribution in [1.29, 1.82) is 0 Å². The Balaban J connectivity index is 2.61. The molecule has 0 atom stereocenters. The first-order chi connectivity index (χ1) is 7.68. The lowest BCUT2D eigenvalue weighted by molar-refractivity contribution is 0.0697. The second kappa shape index (κ2) is 4.02. The molecule has 0 bridgehead atoms. The molecule has 0 aliphatic heterocycles. The van der Waals surface area contributed by atoms with Crippen molar-refractivity contribution in [3.05, 3.63) is 48.2 Å². The average Bonchev–Trinajstić information content (AvgIpc) is 2.30. The van der Waals surface area contributed by atoms with E-state index in [1.165, 1.54) is 12.3 Å². The van der Waals surface area contributed by atoms with Crippen molar-refractivity contribution in [3.63, 3.8) is 0 Å². The van der Waals surface area contributed by atoms with E-state index in [1.807, 2.05) is 6.07 Å². The van der Waals surface area contributed by atoms with Gasteiger partial charge < -0.3 is 10.2 Å². The third kappa shape index (κ3) is 1.86. The number of hydrogen-bond donors (Lipinski definition) is 2. The fourth-order valence-electron chi connectivity index (χ4n) is 1.44. The summed E-state index contributed by atoms with van der Waals surface area (Å²) in [5.41, 5.74) is 1.05. The predicted octanol–water partition coefficient (Wildman–Crippen LogP) is 2.15. The van der Waals surface area contributed by atoms with Crippen molar-refractivity contribution in [3.8, 4) is 17.0 Å². The van der Waals surface area contributed by atoms with Gasteiger partial charge in [0.05, 0.1) is 17.5 Å². The standard InChI is InChI=1S/C12H9NO3/c14-9-6-10(12(15)16)11(13-7-9)8-4-2-1-3-5-8/h1-7,14H,(H,15,16). The molecule has 2 aromatic rings. The molecule has 0 unspecified atom stereocenters. The molecule has 0 saturated carbocycles. The summed E-state index contributed by atoms with van der Waals surface area (Å²) in [6.45, 7) is 0. The van der Waals surface area contributed by atoms with Crippen LogP contribution in [0.5, 0.6) is 5.75 Å². The van der Waals surface area contributed by atoms with Gasteiger partial charge in [-0.15, -0.1) is 0 Å². The zero-order valence-electron chi connectivity index (χ0n) is 8.29.